The van der Waals surface area contributed by atoms with Crippen molar-refractivity contribution in [2.45, 2.75) is 19.8 Å². The van der Waals surface area contributed by atoms with Crippen molar-refractivity contribution in [1.82, 2.24) is 10.2 Å². The lowest BCUT2D eigenvalue weighted by atomic mass is 9.96. The lowest BCUT2D eigenvalue weighted by Gasteiger charge is -2.30. The Hall–Kier alpha value is -2.57. The van der Waals surface area contributed by atoms with Gasteiger partial charge < -0.3 is 15.0 Å². The van der Waals surface area contributed by atoms with E-state index in [0.717, 1.165) is 0 Å². The number of likely N-dealkylation sites (tertiary alicyclic amines) is 1. The zero-order chi connectivity index (χ0) is 16.8. The maximum Gasteiger partial charge on any atom is 0.325 e. The summed E-state index contributed by atoms with van der Waals surface area (Å²) in [6.45, 7) is 2.60. The zero-order valence-corrected chi connectivity index (χ0v) is 13.3. The zero-order valence-electron chi connectivity index (χ0n) is 13.3. The normalized spacial score (nSPS) is 15.0. The van der Waals surface area contributed by atoms with E-state index in [1.807, 2.05) is 0 Å². The van der Waals surface area contributed by atoms with Crippen molar-refractivity contribution in [1.29, 1.82) is 0 Å². The van der Waals surface area contributed by atoms with Crippen LogP contribution in [0.2, 0.25) is 0 Å². The Morgan fingerprint density at radius 2 is 1.83 bits per heavy atom. The molecule has 0 atom stereocenters. The van der Waals surface area contributed by atoms with Crippen LogP contribution in [0.5, 0.6) is 5.75 Å². The van der Waals surface area contributed by atoms with Crippen LogP contribution < -0.4 is 15.4 Å². The first-order valence-electron chi connectivity index (χ1n) is 7.51. The molecule has 2 rings (SSSR count). The molecule has 1 heterocycles. The molecule has 0 spiro atoms. The third-order valence-electron chi connectivity index (χ3n) is 3.90. The van der Waals surface area contributed by atoms with Crippen LogP contribution >= 0.6 is 0 Å². The molecule has 0 saturated carbocycles. The van der Waals surface area contributed by atoms with Gasteiger partial charge in [-0.1, -0.05) is 12.1 Å². The van der Waals surface area contributed by atoms with Crippen molar-refractivity contribution in [2.75, 3.05) is 25.5 Å². The Bertz CT molecular complexity index is 595. The number of amides is 4. The monoisotopic (exact) mass is 319 g/mol. The summed E-state index contributed by atoms with van der Waals surface area (Å²) in [6.07, 6.45) is 1.13. The van der Waals surface area contributed by atoms with Crippen molar-refractivity contribution < 1.29 is 19.1 Å². The van der Waals surface area contributed by atoms with E-state index >= 15 is 0 Å². The minimum atomic E-state index is -0.589. The average Bonchev–Trinajstić information content (AvgIpc) is 2.55. The van der Waals surface area contributed by atoms with Gasteiger partial charge in [-0.25, -0.2) is 4.79 Å². The van der Waals surface area contributed by atoms with Gasteiger partial charge in [0, 0.05) is 25.9 Å². The summed E-state index contributed by atoms with van der Waals surface area (Å²) < 4.78 is 5.14. The van der Waals surface area contributed by atoms with Crippen molar-refractivity contribution in [2.24, 2.45) is 5.92 Å². The van der Waals surface area contributed by atoms with Crippen LogP contribution in [0.4, 0.5) is 10.5 Å². The highest BCUT2D eigenvalue weighted by Gasteiger charge is 2.27. The number of piperidine rings is 1. The van der Waals surface area contributed by atoms with E-state index in [1.54, 1.807) is 29.2 Å². The molecule has 1 aliphatic heterocycles. The number of urea groups is 1. The van der Waals surface area contributed by atoms with Crippen LogP contribution in [-0.2, 0) is 9.59 Å². The molecule has 0 bridgehead atoms. The maximum atomic E-state index is 12.1. The molecule has 0 unspecified atom stereocenters. The van der Waals surface area contributed by atoms with E-state index in [1.165, 1.54) is 14.0 Å². The summed E-state index contributed by atoms with van der Waals surface area (Å²) in [5.74, 6) is -0.0442. The molecule has 1 aromatic rings. The van der Waals surface area contributed by atoms with E-state index in [9.17, 15) is 14.4 Å². The van der Waals surface area contributed by atoms with Gasteiger partial charge in [0.1, 0.15) is 5.75 Å². The van der Waals surface area contributed by atoms with E-state index in [4.69, 9.17) is 4.74 Å². The Balaban J connectivity index is 1.86. The lowest BCUT2D eigenvalue weighted by Crippen LogP contribution is -2.44. The van der Waals surface area contributed by atoms with E-state index in [0.29, 0.717) is 37.4 Å². The summed E-state index contributed by atoms with van der Waals surface area (Å²) >= 11 is 0. The number of ether oxygens (including phenoxy) is 1. The minimum absolute atomic E-state index is 0.0118. The molecule has 2 N–H and O–H groups in total. The SMILES string of the molecule is COc1ccccc1NC(=O)NC(=O)C1CCN(C(C)=O)CC1. The highest BCUT2D eigenvalue weighted by Crippen LogP contribution is 2.23. The molecule has 0 aromatic heterocycles. The van der Waals surface area contributed by atoms with Gasteiger partial charge in [0.05, 0.1) is 12.8 Å². The van der Waals surface area contributed by atoms with E-state index in [-0.39, 0.29) is 17.7 Å². The number of hydrogen-bond acceptors (Lipinski definition) is 4. The fourth-order valence-electron chi connectivity index (χ4n) is 2.57. The first-order chi connectivity index (χ1) is 11.0. The van der Waals surface area contributed by atoms with Crippen LogP contribution in [0.15, 0.2) is 24.3 Å². The molecular formula is C16H21N3O4. The number of nitrogens with one attached hydrogen (secondary N) is 2. The average molecular weight is 319 g/mol. The number of hydrogen-bond donors (Lipinski definition) is 2. The number of benzene rings is 1. The number of imide groups is 1. The summed E-state index contributed by atoms with van der Waals surface area (Å²) in [5, 5.41) is 4.94. The minimum Gasteiger partial charge on any atom is -0.495 e. The molecule has 1 aromatic carbocycles. The van der Waals surface area contributed by atoms with E-state index < -0.39 is 6.03 Å². The second-order valence-electron chi connectivity index (χ2n) is 5.42. The number of carbonyl (C=O) groups excluding carboxylic acids is 3. The molecule has 7 heteroatoms. The van der Waals surface area contributed by atoms with Gasteiger partial charge in [0.15, 0.2) is 0 Å². The number of para-hydroxylation sites is 2. The first kappa shape index (κ1) is 16.8. The van der Waals surface area contributed by atoms with Crippen molar-refractivity contribution in [3.63, 3.8) is 0 Å². The standard InChI is InChI=1S/C16H21N3O4/c1-11(20)19-9-7-12(8-10-19)15(21)18-16(22)17-13-5-3-4-6-14(13)23-2/h3-6,12H,7-10H2,1-2H3,(H2,17,18,21,22). The molecule has 0 aliphatic carbocycles. The van der Waals surface area contributed by atoms with Gasteiger partial charge >= 0.3 is 6.03 Å². The molecule has 23 heavy (non-hydrogen) atoms. The number of nitrogens with zero attached hydrogens (tertiary/aromatic N) is 1. The van der Waals surface area contributed by atoms with E-state index in [2.05, 4.69) is 10.6 Å². The number of rotatable bonds is 3. The predicted molar refractivity (Wildman–Crippen MR) is 85.1 cm³/mol. The van der Waals surface area contributed by atoms with Gasteiger partial charge in [-0.2, -0.15) is 0 Å². The largest absolute Gasteiger partial charge is 0.495 e. The van der Waals surface area contributed by atoms with Crippen LogP contribution in [0, 0.1) is 5.92 Å². The number of anilines is 1. The number of carbonyl (C=O) groups is 3. The van der Waals surface area contributed by atoms with Crippen LogP contribution in [0.3, 0.4) is 0 Å². The first-order valence-corrected chi connectivity index (χ1v) is 7.51. The summed E-state index contributed by atoms with van der Waals surface area (Å²) in [5.41, 5.74) is 0.492. The van der Waals surface area contributed by atoms with Crippen LogP contribution in [-0.4, -0.2) is 42.9 Å². The molecule has 4 amide bonds. The van der Waals surface area contributed by atoms with Crippen LogP contribution in [0.25, 0.3) is 0 Å². The fourth-order valence-corrected chi connectivity index (χ4v) is 2.57. The summed E-state index contributed by atoms with van der Waals surface area (Å²) in [7, 11) is 1.51. The smallest absolute Gasteiger partial charge is 0.325 e. The van der Waals surface area contributed by atoms with Gasteiger partial charge in [-0.15, -0.1) is 0 Å². The van der Waals surface area contributed by atoms with Gasteiger partial charge in [-0.05, 0) is 25.0 Å². The van der Waals surface area contributed by atoms with Crippen molar-refractivity contribution in [3.8, 4) is 5.75 Å². The summed E-state index contributed by atoms with van der Waals surface area (Å²) in [6, 6.07) is 6.37. The Morgan fingerprint density at radius 1 is 1.17 bits per heavy atom. The molecule has 0 radical (unpaired) electrons. The maximum absolute atomic E-state index is 12.1. The van der Waals surface area contributed by atoms with Gasteiger partial charge in [0.25, 0.3) is 0 Å². The molecule has 1 saturated heterocycles. The Morgan fingerprint density at radius 3 is 2.43 bits per heavy atom. The molecule has 7 nitrogen and oxygen atoms in total. The third kappa shape index (κ3) is 4.45. The quantitative estimate of drug-likeness (QED) is 0.886. The van der Waals surface area contributed by atoms with Crippen LogP contribution in [0.1, 0.15) is 19.8 Å². The molecule has 1 aliphatic rings. The summed E-state index contributed by atoms with van der Waals surface area (Å²) in [4.78, 5) is 37.0. The second-order valence-corrected chi connectivity index (χ2v) is 5.42. The Kier molecular flexibility index (Phi) is 5.56. The molecule has 1 fully saturated rings. The van der Waals surface area contributed by atoms with Crippen molar-refractivity contribution in [3.05, 3.63) is 24.3 Å². The lowest BCUT2D eigenvalue weighted by molar-refractivity contribution is -0.133. The highest BCUT2D eigenvalue weighted by molar-refractivity contribution is 6.02. The topological polar surface area (TPSA) is 87.7 Å². The molecular weight excluding hydrogens is 298 g/mol. The third-order valence-corrected chi connectivity index (χ3v) is 3.90. The highest BCUT2D eigenvalue weighted by atomic mass is 16.5. The molecule has 124 valence electrons. The predicted octanol–water partition coefficient (Wildman–Crippen LogP) is 1.60. The number of methoxy groups -OCH3 is 1. The second kappa shape index (κ2) is 7.62. The van der Waals surface area contributed by atoms with Crippen molar-refractivity contribution >= 4 is 23.5 Å². The Labute approximate surface area is 135 Å². The van der Waals surface area contributed by atoms with Gasteiger partial charge in [-0.3, -0.25) is 14.9 Å². The fraction of sp³-hybridized carbons (Fsp3) is 0.438. The van der Waals surface area contributed by atoms with Gasteiger partial charge in [0.2, 0.25) is 11.8 Å².